The summed E-state index contributed by atoms with van der Waals surface area (Å²) in [6, 6.07) is 12.9. The largest absolute Gasteiger partial charge is 0.494 e. The number of fused-ring (bicyclic) bond motifs is 1. The number of hydrogen-bond acceptors (Lipinski definition) is 7. The number of hydrazone groups is 1. The summed E-state index contributed by atoms with van der Waals surface area (Å²) in [4.78, 5) is 15.0. The van der Waals surface area contributed by atoms with E-state index in [1.165, 1.54) is 11.3 Å². The third-order valence-corrected chi connectivity index (χ3v) is 4.55. The molecule has 3 rings (SSSR count). The molecule has 0 saturated heterocycles. The van der Waals surface area contributed by atoms with Crippen LogP contribution in [0.25, 0.3) is 10.2 Å². The number of ether oxygens (including phenoxy) is 2. The Morgan fingerprint density at radius 3 is 2.63 bits per heavy atom. The molecule has 0 saturated carbocycles. The maximum atomic E-state index is 10.5. The van der Waals surface area contributed by atoms with Gasteiger partial charge in [-0.1, -0.05) is 11.3 Å². The Balaban J connectivity index is 1.67. The SMILES string of the molecule is CCOc1ccc2nc(NN=C(C)c3ccc(OCC(=O)O)cc3)sc2c1. The van der Waals surface area contributed by atoms with Gasteiger partial charge in [-0.05, 0) is 61.9 Å². The standard InChI is InChI=1S/C19H19N3O4S/c1-3-25-15-8-9-16-17(10-15)27-19(20-16)22-21-12(2)13-4-6-14(7-5-13)26-11-18(23)24/h4-10H,3,11H2,1-2H3,(H,20,22)(H,23,24). The highest BCUT2D eigenvalue weighted by molar-refractivity contribution is 7.22. The Bertz CT molecular complexity index is 967. The fourth-order valence-electron chi connectivity index (χ4n) is 2.34. The minimum absolute atomic E-state index is 0.364. The lowest BCUT2D eigenvalue weighted by Crippen LogP contribution is -2.09. The average molecular weight is 385 g/mol. The lowest BCUT2D eigenvalue weighted by atomic mass is 10.1. The molecular weight excluding hydrogens is 366 g/mol. The van der Waals surface area contributed by atoms with Gasteiger partial charge in [-0.25, -0.2) is 9.78 Å². The van der Waals surface area contributed by atoms with Gasteiger partial charge in [-0.2, -0.15) is 5.10 Å². The zero-order valence-corrected chi connectivity index (χ0v) is 15.7. The van der Waals surface area contributed by atoms with Crippen molar-refractivity contribution >= 4 is 38.4 Å². The first-order chi connectivity index (χ1) is 13.0. The smallest absolute Gasteiger partial charge is 0.341 e. The maximum Gasteiger partial charge on any atom is 0.341 e. The quantitative estimate of drug-likeness (QED) is 0.450. The monoisotopic (exact) mass is 385 g/mol. The van der Waals surface area contributed by atoms with Crippen LogP contribution in [0.5, 0.6) is 11.5 Å². The molecule has 0 radical (unpaired) electrons. The van der Waals surface area contributed by atoms with E-state index in [2.05, 4.69) is 15.5 Å². The second kappa shape index (κ2) is 8.50. The molecule has 140 valence electrons. The van der Waals surface area contributed by atoms with Gasteiger partial charge in [0.15, 0.2) is 6.61 Å². The summed E-state index contributed by atoms with van der Waals surface area (Å²) in [5.74, 6) is 0.313. The van der Waals surface area contributed by atoms with Crippen molar-refractivity contribution < 1.29 is 19.4 Å². The molecule has 0 amide bonds. The van der Waals surface area contributed by atoms with E-state index in [9.17, 15) is 4.79 Å². The minimum Gasteiger partial charge on any atom is -0.494 e. The van der Waals surface area contributed by atoms with E-state index in [0.29, 0.717) is 17.5 Å². The van der Waals surface area contributed by atoms with Gasteiger partial charge in [0, 0.05) is 0 Å². The number of carboxylic acid groups (broad SMARTS) is 1. The summed E-state index contributed by atoms with van der Waals surface area (Å²) < 4.78 is 11.7. The van der Waals surface area contributed by atoms with Crippen molar-refractivity contribution in [2.24, 2.45) is 5.10 Å². The lowest BCUT2D eigenvalue weighted by molar-refractivity contribution is -0.139. The number of thiazole rings is 1. The van der Waals surface area contributed by atoms with Crippen LogP contribution < -0.4 is 14.9 Å². The van der Waals surface area contributed by atoms with Crippen molar-refractivity contribution in [2.75, 3.05) is 18.6 Å². The third-order valence-electron chi connectivity index (χ3n) is 3.62. The van der Waals surface area contributed by atoms with Crippen molar-refractivity contribution in [3.05, 3.63) is 48.0 Å². The third kappa shape index (κ3) is 4.95. The minimum atomic E-state index is -1.01. The molecule has 2 aromatic carbocycles. The second-order valence-corrected chi connectivity index (χ2v) is 6.63. The highest BCUT2D eigenvalue weighted by Gasteiger charge is 2.06. The molecular formula is C19H19N3O4S. The Morgan fingerprint density at radius 1 is 1.19 bits per heavy atom. The number of nitrogens with one attached hydrogen (secondary N) is 1. The molecule has 27 heavy (non-hydrogen) atoms. The molecule has 1 heterocycles. The Kier molecular flexibility index (Phi) is 5.87. The molecule has 2 N–H and O–H groups in total. The van der Waals surface area contributed by atoms with Crippen LogP contribution in [-0.4, -0.2) is 35.0 Å². The Labute approximate surface area is 160 Å². The molecule has 8 heteroatoms. The van der Waals surface area contributed by atoms with Gasteiger partial charge < -0.3 is 14.6 Å². The van der Waals surface area contributed by atoms with E-state index in [0.717, 1.165) is 27.2 Å². The number of aliphatic carboxylic acids is 1. The number of aromatic nitrogens is 1. The Hall–Kier alpha value is -3.13. The van der Waals surface area contributed by atoms with Crippen molar-refractivity contribution in [3.8, 4) is 11.5 Å². The highest BCUT2D eigenvalue weighted by atomic mass is 32.1. The second-order valence-electron chi connectivity index (χ2n) is 5.60. The average Bonchev–Trinajstić information content (AvgIpc) is 3.07. The van der Waals surface area contributed by atoms with Crippen LogP contribution in [0.3, 0.4) is 0 Å². The van der Waals surface area contributed by atoms with E-state index in [1.54, 1.807) is 12.1 Å². The van der Waals surface area contributed by atoms with Crippen molar-refractivity contribution in [3.63, 3.8) is 0 Å². The summed E-state index contributed by atoms with van der Waals surface area (Å²) >= 11 is 1.50. The van der Waals surface area contributed by atoms with Crippen LogP contribution >= 0.6 is 11.3 Å². The topological polar surface area (TPSA) is 93.0 Å². The fourth-order valence-corrected chi connectivity index (χ4v) is 3.18. The van der Waals surface area contributed by atoms with E-state index in [4.69, 9.17) is 14.6 Å². The summed E-state index contributed by atoms with van der Waals surface area (Å²) in [5.41, 5.74) is 5.54. The molecule has 0 aliphatic rings. The summed E-state index contributed by atoms with van der Waals surface area (Å²) in [5, 5.41) is 13.7. The highest BCUT2D eigenvalue weighted by Crippen LogP contribution is 2.29. The van der Waals surface area contributed by atoms with Gasteiger partial charge in [0.2, 0.25) is 5.13 Å². The zero-order chi connectivity index (χ0) is 19.2. The first-order valence-electron chi connectivity index (χ1n) is 8.34. The number of carbonyl (C=O) groups is 1. The molecule has 0 atom stereocenters. The molecule has 3 aromatic rings. The number of rotatable bonds is 8. The molecule has 0 spiro atoms. The summed E-state index contributed by atoms with van der Waals surface area (Å²) in [6.07, 6.45) is 0. The van der Waals surface area contributed by atoms with Gasteiger partial charge in [0.1, 0.15) is 11.5 Å². The van der Waals surface area contributed by atoms with E-state index in [1.807, 2.05) is 44.2 Å². The number of benzene rings is 2. The molecule has 0 unspecified atom stereocenters. The van der Waals surface area contributed by atoms with Crippen LogP contribution in [0.2, 0.25) is 0 Å². The van der Waals surface area contributed by atoms with Crippen LogP contribution in [0.4, 0.5) is 5.13 Å². The van der Waals surface area contributed by atoms with Crippen molar-refractivity contribution in [1.29, 1.82) is 0 Å². The summed E-state index contributed by atoms with van der Waals surface area (Å²) in [7, 11) is 0. The van der Waals surface area contributed by atoms with E-state index >= 15 is 0 Å². The maximum absolute atomic E-state index is 10.5. The van der Waals surface area contributed by atoms with Gasteiger partial charge in [-0.15, -0.1) is 0 Å². The molecule has 0 fully saturated rings. The first-order valence-corrected chi connectivity index (χ1v) is 9.15. The molecule has 1 aromatic heterocycles. The van der Waals surface area contributed by atoms with Crippen LogP contribution in [0, 0.1) is 0 Å². The van der Waals surface area contributed by atoms with Crippen LogP contribution in [0.15, 0.2) is 47.6 Å². The Morgan fingerprint density at radius 2 is 1.93 bits per heavy atom. The molecule has 0 aliphatic heterocycles. The van der Waals surface area contributed by atoms with Gasteiger partial charge in [-0.3, -0.25) is 5.43 Å². The van der Waals surface area contributed by atoms with Crippen LogP contribution in [-0.2, 0) is 4.79 Å². The first kappa shape index (κ1) is 18.7. The number of nitrogens with zero attached hydrogens (tertiary/aromatic N) is 2. The van der Waals surface area contributed by atoms with Gasteiger partial charge in [0.05, 0.1) is 22.5 Å². The summed E-state index contributed by atoms with van der Waals surface area (Å²) in [6.45, 7) is 4.09. The molecule has 0 aliphatic carbocycles. The van der Waals surface area contributed by atoms with Crippen molar-refractivity contribution in [2.45, 2.75) is 13.8 Å². The number of hydrogen-bond donors (Lipinski definition) is 2. The number of carboxylic acids is 1. The predicted octanol–water partition coefficient (Wildman–Crippen LogP) is 3.99. The number of anilines is 1. The normalized spacial score (nSPS) is 11.4. The van der Waals surface area contributed by atoms with Gasteiger partial charge in [0.25, 0.3) is 0 Å². The van der Waals surface area contributed by atoms with Crippen molar-refractivity contribution in [1.82, 2.24) is 4.98 Å². The predicted molar refractivity (Wildman–Crippen MR) is 106 cm³/mol. The van der Waals surface area contributed by atoms with E-state index < -0.39 is 5.97 Å². The zero-order valence-electron chi connectivity index (χ0n) is 14.9. The molecule has 7 nitrogen and oxygen atoms in total. The van der Waals surface area contributed by atoms with Crippen LogP contribution in [0.1, 0.15) is 19.4 Å². The lowest BCUT2D eigenvalue weighted by Gasteiger charge is -2.05. The van der Waals surface area contributed by atoms with E-state index in [-0.39, 0.29) is 6.61 Å². The molecule has 0 bridgehead atoms. The van der Waals surface area contributed by atoms with Gasteiger partial charge >= 0.3 is 5.97 Å². The fraction of sp³-hybridized carbons (Fsp3) is 0.211.